The lowest BCUT2D eigenvalue weighted by molar-refractivity contribution is -0.924. The highest BCUT2D eigenvalue weighted by atomic mass is 16.5. The first-order valence-corrected chi connectivity index (χ1v) is 9.43. The van der Waals surface area contributed by atoms with Crippen LogP contribution in [0.4, 0.5) is 0 Å². The first kappa shape index (κ1) is 18.2. The molecule has 0 radical (unpaired) electrons. The molecule has 4 aromatic rings. The van der Waals surface area contributed by atoms with Crippen molar-refractivity contribution >= 4 is 21.7 Å². The molecule has 2 N–H and O–H groups in total. The summed E-state index contributed by atoms with van der Waals surface area (Å²) in [5, 5.41) is 2.98. The molecule has 2 atom stereocenters. The van der Waals surface area contributed by atoms with E-state index in [-0.39, 0.29) is 11.6 Å². The summed E-state index contributed by atoms with van der Waals surface area (Å²) in [6, 6.07) is 20.1. The van der Waals surface area contributed by atoms with Crippen LogP contribution in [0.25, 0.3) is 21.7 Å². The van der Waals surface area contributed by atoms with Gasteiger partial charge in [-0.15, -0.1) is 0 Å². The summed E-state index contributed by atoms with van der Waals surface area (Å²) in [6.45, 7) is 2.92. The molecule has 28 heavy (non-hydrogen) atoms. The van der Waals surface area contributed by atoms with Gasteiger partial charge in [-0.05, 0) is 48.0 Å². The van der Waals surface area contributed by atoms with Crippen molar-refractivity contribution in [1.82, 2.24) is 9.97 Å². The largest absolute Gasteiger partial charge is 0.497 e. The SMILES string of the molecule is COc1ccc2cc(C[NH+](C)[C@@H](C)c3nc4ccccc4c(=O)[nH]3)ccc2c1. The number of H-pyrrole nitrogens is 1. The van der Waals surface area contributed by atoms with E-state index >= 15 is 0 Å². The van der Waals surface area contributed by atoms with E-state index < -0.39 is 0 Å². The Balaban J connectivity index is 1.58. The highest BCUT2D eigenvalue weighted by Crippen LogP contribution is 2.21. The summed E-state index contributed by atoms with van der Waals surface area (Å²) < 4.78 is 5.30. The number of nitrogens with zero attached hydrogens (tertiary/aromatic N) is 1. The van der Waals surface area contributed by atoms with E-state index in [4.69, 9.17) is 4.74 Å². The van der Waals surface area contributed by atoms with Crippen molar-refractivity contribution in [3.05, 3.63) is 82.4 Å². The Morgan fingerprint density at radius 2 is 1.82 bits per heavy atom. The number of methoxy groups -OCH3 is 1. The zero-order valence-electron chi connectivity index (χ0n) is 16.3. The molecule has 0 aliphatic heterocycles. The van der Waals surface area contributed by atoms with Gasteiger partial charge in [0, 0.05) is 5.56 Å². The predicted octanol–water partition coefficient (Wildman–Crippen LogP) is 2.86. The molecule has 0 aliphatic carbocycles. The highest BCUT2D eigenvalue weighted by molar-refractivity contribution is 5.84. The molecule has 1 heterocycles. The van der Waals surface area contributed by atoms with E-state index in [0.29, 0.717) is 11.2 Å². The molecule has 1 unspecified atom stereocenters. The van der Waals surface area contributed by atoms with E-state index in [1.54, 1.807) is 13.2 Å². The number of hydrogen-bond donors (Lipinski definition) is 2. The first-order chi connectivity index (χ1) is 13.5. The van der Waals surface area contributed by atoms with Crippen molar-refractivity contribution < 1.29 is 9.64 Å². The summed E-state index contributed by atoms with van der Waals surface area (Å²) >= 11 is 0. The number of quaternary nitrogens is 1. The van der Waals surface area contributed by atoms with Crippen LogP contribution < -0.4 is 15.2 Å². The molecule has 0 fully saturated rings. The van der Waals surface area contributed by atoms with E-state index in [1.807, 2.05) is 30.3 Å². The summed E-state index contributed by atoms with van der Waals surface area (Å²) in [6.07, 6.45) is 0. The Morgan fingerprint density at radius 3 is 2.64 bits per heavy atom. The number of hydrogen-bond acceptors (Lipinski definition) is 3. The summed E-state index contributed by atoms with van der Waals surface area (Å²) in [5.41, 5.74) is 1.89. The third-order valence-electron chi connectivity index (χ3n) is 5.38. The lowest BCUT2D eigenvalue weighted by atomic mass is 10.1. The average molecular weight is 374 g/mol. The molecule has 0 amide bonds. The van der Waals surface area contributed by atoms with Gasteiger partial charge in [0.05, 0.1) is 25.1 Å². The number of para-hydroxylation sites is 1. The zero-order valence-corrected chi connectivity index (χ0v) is 16.3. The van der Waals surface area contributed by atoms with Gasteiger partial charge in [-0.25, -0.2) is 4.98 Å². The smallest absolute Gasteiger partial charge is 0.258 e. The molecule has 0 saturated carbocycles. The van der Waals surface area contributed by atoms with Crippen molar-refractivity contribution in [2.75, 3.05) is 14.2 Å². The number of aromatic nitrogens is 2. The minimum absolute atomic E-state index is 0.0591. The monoisotopic (exact) mass is 374 g/mol. The minimum atomic E-state index is -0.0834. The van der Waals surface area contributed by atoms with Crippen LogP contribution in [0.2, 0.25) is 0 Å². The molecular formula is C23H24N3O2+. The van der Waals surface area contributed by atoms with Crippen LogP contribution in [-0.4, -0.2) is 24.1 Å². The van der Waals surface area contributed by atoms with Crippen molar-refractivity contribution in [3.8, 4) is 5.75 Å². The maximum Gasteiger partial charge on any atom is 0.258 e. The molecule has 3 aromatic carbocycles. The van der Waals surface area contributed by atoms with Gasteiger partial charge in [-0.3, -0.25) is 4.79 Å². The Labute approximate surface area is 163 Å². The van der Waals surface area contributed by atoms with Crippen LogP contribution in [0, 0.1) is 0 Å². The van der Waals surface area contributed by atoms with Gasteiger partial charge in [-0.2, -0.15) is 0 Å². The topological polar surface area (TPSA) is 59.4 Å². The molecule has 0 bridgehead atoms. The van der Waals surface area contributed by atoms with Crippen LogP contribution in [0.3, 0.4) is 0 Å². The lowest BCUT2D eigenvalue weighted by Gasteiger charge is -2.21. The Hall–Kier alpha value is -3.18. The molecular weight excluding hydrogens is 350 g/mol. The first-order valence-electron chi connectivity index (χ1n) is 9.43. The number of rotatable bonds is 5. The fourth-order valence-electron chi connectivity index (χ4n) is 3.53. The van der Waals surface area contributed by atoms with E-state index in [1.165, 1.54) is 15.8 Å². The van der Waals surface area contributed by atoms with E-state index in [9.17, 15) is 4.79 Å². The number of aromatic amines is 1. The Kier molecular flexibility index (Phi) is 4.84. The van der Waals surface area contributed by atoms with Crippen LogP contribution in [0.15, 0.2) is 65.5 Å². The van der Waals surface area contributed by atoms with Gasteiger partial charge < -0.3 is 14.6 Å². The second-order valence-corrected chi connectivity index (χ2v) is 7.26. The molecule has 0 saturated heterocycles. The number of ether oxygens (including phenoxy) is 1. The van der Waals surface area contributed by atoms with Gasteiger partial charge in [-0.1, -0.05) is 30.3 Å². The molecule has 0 spiro atoms. The fourth-order valence-corrected chi connectivity index (χ4v) is 3.53. The van der Waals surface area contributed by atoms with Gasteiger partial charge in [0.2, 0.25) is 0 Å². The normalized spacial score (nSPS) is 13.5. The van der Waals surface area contributed by atoms with Crippen molar-refractivity contribution in [2.24, 2.45) is 0 Å². The number of fused-ring (bicyclic) bond motifs is 2. The van der Waals surface area contributed by atoms with Gasteiger partial charge >= 0.3 is 0 Å². The Bertz CT molecular complexity index is 1200. The maximum atomic E-state index is 12.4. The number of benzene rings is 3. The summed E-state index contributed by atoms with van der Waals surface area (Å²) in [5.74, 6) is 1.58. The molecule has 5 heteroatoms. The standard InChI is InChI=1S/C23H23N3O2/c1-15(22-24-21-7-5-4-6-20(21)23(27)25-22)26(2)14-16-8-9-18-13-19(28-3)11-10-17(18)12-16/h4-13,15H,14H2,1-3H3,(H,24,25,27)/p+1/t15-/m0/s1. The highest BCUT2D eigenvalue weighted by Gasteiger charge is 2.19. The third-order valence-corrected chi connectivity index (χ3v) is 5.38. The maximum absolute atomic E-state index is 12.4. The molecule has 4 rings (SSSR count). The Morgan fingerprint density at radius 1 is 1.07 bits per heavy atom. The van der Waals surface area contributed by atoms with Crippen molar-refractivity contribution in [2.45, 2.75) is 19.5 Å². The molecule has 1 aromatic heterocycles. The fraction of sp³-hybridized carbons (Fsp3) is 0.217. The summed E-state index contributed by atoms with van der Waals surface area (Å²) in [7, 11) is 3.80. The second-order valence-electron chi connectivity index (χ2n) is 7.26. The van der Waals surface area contributed by atoms with Gasteiger partial charge in [0.25, 0.3) is 5.56 Å². The molecule has 5 nitrogen and oxygen atoms in total. The van der Waals surface area contributed by atoms with E-state index in [0.717, 1.165) is 23.2 Å². The third kappa shape index (κ3) is 3.49. The van der Waals surface area contributed by atoms with Gasteiger partial charge in [0.15, 0.2) is 5.82 Å². The molecule has 142 valence electrons. The van der Waals surface area contributed by atoms with Crippen LogP contribution >= 0.6 is 0 Å². The quantitative estimate of drug-likeness (QED) is 0.565. The second kappa shape index (κ2) is 7.44. The van der Waals surface area contributed by atoms with Crippen LogP contribution in [-0.2, 0) is 6.54 Å². The summed E-state index contributed by atoms with van der Waals surface area (Å²) in [4.78, 5) is 21.3. The average Bonchev–Trinajstić information content (AvgIpc) is 2.72. The predicted molar refractivity (Wildman–Crippen MR) is 112 cm³/mol. The molecule has 0 aliphatic rings. The van der Waals surface area contributed by atoms with Crippen LogP contribution in [0.5, 0.6) is 5.75 Å². The van der Waals surface area contributed by atoms with Crippen molar-refractivity contribution in [1.29, 1.82) is 0 Å². The van der Waals surface area contributed by atoms with Crippen molar-refractivity contribution in [3.63, 3.8) is 0 Å². The number of nitrogens with one attached hydrogen (secondary N) is 2. The minimum Gasteiger partial charge on any atom is -0.497 e. The van der Waals surface area contributed by atoms with Gasteiger partial charge in [0.1, 0.15) is 18.3 Å². The zero-order chi connectivity index (χ0) is 19.7. The van der Waals surface area contributed by atoms with E-state index in [2.05, 4.69) is 48.2 Å². The lowest BCUT2D eigenvalue weighted by Crippen LogP contribution is -3.07. The van der Waals surface area contributed by atoms with Crippen LogP contribution in [0.1, 0.15) is 24.4 Å².